The first-order chi connectivity index (χ1) is 7.25. The minimum absolute atomic E-state index is 0.00606. The largest absolute Gasteiger partial charge is 0.392 e. The van der Waals surface area contributed by atoms with Crippen LogP contribution < -0.4 is 10.7 Å². The molecule has 3 N–H and O–H groups in total. The van der Waals surface area contributed by atoms with Crippen molar-refractivity contribution < 1.29 is 9.90 Å². The molecule has 0 aromatic carbocycles. The van der Waals surface area contributed by atoms with Crippen molar-refractivity contribution in [3.8, 4) is 0 Å². The number of β-amino-alcohol motifs (C(OH)–C–C–N with tert-alkyl or cyclic N) is 1. The van der Waals surface area contributed by atoms with Crippen molar-refractivity contribution in [1.82, 2.24) is 15.8 Å². The van der Waals surface area contributed by atoms with Crippen LogP contribution in [-0.2, 0) is 4.79 Å². The Morgan fingerprint density at radius 2 is 2.07 bits per heavy atom. The number of hydrogen-bond acceptors (Lipinski definition) is 4. The van der Waals surface area contributed by atoms with Gasteiger partial charge in [-0.1, -0.05) is 6.42 Å². The molecule has 0 aromatic heterocycles. The van der Waals surface area contributed by atoms with E-state index in [1.807, 2.05) is 5.01 Å². The molecule has 2 unspecified atom stereocenters. The maximum Gasteiger partial charge on any atom is 0.251 e. The molecule has 15 heavy (non-hydrogen) atoms. The highest BCUT2D eigenvalue weighted by atomic mass is 16.3. The molecule has 2 fully saturated rings. The molecule has 0 saturated carbocycles. The quantitative estimate of drug-likeness (QED) is 0.563. The third-order valence-electron chi connectivity index (χ3n) is 3.05. The van der Waals surface area contributed by atoms with Gasteiger partial charge in [-0.25, -0.2) is 5.01 Å². The minimum Gasteiger partial charge on any atom is -0.392 e. The van der Waals surface area contributed by atoms with Crippen LogP contribution in [0.3, 0.4) is 0 Å². The van der Waals surface area contributed by atoms with E-state index in [1.165, 1.54) is 6.42 Å². The second kappa shape index (κ2) is 4.92. The zero-order valence-electron chi connectivity index (χ0n) is 8.91. The summed E-state index contributed by atoms with van der Waals surface area (Å²) >= 11 is 0. The van der Waals surface area contributed by atoms with Gasteiger partial charge in [0.25, 0.3) is 5.91 Å². The molecular formula is C10H19N3O2. The maximum atomic E-state index is 11.7. The lowest BCUT2D eigenvalue weighted by molar-refractivity contribution is -0.128. The van der Waals surface area contributed by atoms with Gasteiger partial charge in [0, 0.05) is 19.6 Å². The lowest BCUT2D eigenvalue weighted by Crippen LogP contribution is -2.50. The summed E-state index contributed by atoms with van der Waals surface area (Å²) in [5.41, 5.74) is 2.90. The first-order valence-electron chi connectivity index (χ1n) is 5.72. The van der Waals surface area contributed by atoms with Gasteiger partial charge in [-0.15, -0.1) is 0 Å². The van der Waals surface area contributed by atoms with Crippen molar-refractivity contribution in [2.45, 2.75) is 37.8 Å². The Labute approximate surface area is 89.8 Å². The first-order valence-corrected chi connectivity index (χ1v) is 5.72. The van der Waals surface area contributed by atoms with Crippen molar-refractivity contribution in [1.29, 1.82) is 0 Å². The van der Waals surface area contributed by atoms with Gasteiger partial charge in [-0.05, 0) is 19.3 Å². The average Bonchev–Trinajstić information content (AvgIpc) is 2.66. The van der Waals surface area contributed by atoms with E-state index in [1.54, 1.807) is 0 Å². The van der Waals surface area contributed by atoms with Crippen LogP contribution in [0.2, 0.25) is 0 Å². The average molecular weight is 213 g/mol. The van der Waals surface area contributed by atoms with E-state index in [-0.39, 0.29) is 18.1 Å². The number of nitrogens with zero attached hydrogens (tertiary/aromatic N) is 1. The Morgan fingerprint density at radius 3 is 2.67 bits per heavy atom. The zero-order valence-corrected chi connectivity index (χ0v) is 8.91. The number of piperidine rings is 1. The van der Waals surface area contributed by atoms with Crippen LogP contribution in [0, 0.1) is 0 Å². The summed E-state index contributed by atoms with van der Waals surface area (Å²) in [7, 11) is 0. The van der Waals surface area contributed by atoms with Gasteiger partial charge in [0.15, 0.2) is 0 Å². The van der Waals surface area contributed by atoms with Crippen LogP contribution in [0.1, 0.15) is 25.7 Å². The van der Waals surface area contributed by atoms with Crippen LogP contribution >= 0.6 is 0 Å². The predicted molar refractivity (Wildman–Crippen MR) is 56.0 cm³/mol. The van der Waals surface area contributed by atoms with Gasteiger partial charge in [0.2, 0.25) is 0 Å². The van der Waals surface area contributed by atoms with Crippen molar-refractivity contribution in [2.24, 2.45) is 0 Å². The molecule has 2 atom stereocenters. The fraction of sp³-hybridized carbons (Fsp3) is 0.900. The highest BCUT2D eigenvalue weighted by Crippen LogP contribution is 2.09. The molecule has 2 saturated heterocycles. The first kappa shape index (κ1) is 10.9. The molecule has 86 valence electrons. The minimum atomic E-state index is -0.373. The Hall–Kier alpha value is -0.650. The lowest BCUT2D eigenvalue weighted by atomic mass is 10.1. The summed E-state index contributed by atoms with van der Waals surface area (Å²) in [6.07, 6.45) is 3.72. The fourth-order valence-electron chi connectivity index (χ4n) is 2.16. The fourth-order valence-corrected chi connectivity index (χ4v) is 2.16. The Bertz CT molecular complexity index is 229. The van der Waals surface area contributed by atoms with E-state index in [2.05, 4.69) is 10.7 Å². The smallest absolute Gasteiger partial charge is 0.251 e. The maximum absolute atomic E-state index is 11.7. The van der Waals surface area contributed by atoms with E-state index in [4.69, 9.17) is 0 Å². The molecule has 2 rings (SSSR count). The number of carbonyl (C=O) groups is 1. The number of hydrogen-bond donors (Lipinski definition) is 3. The molecule has 0 aliphatic carbocycles. The van der Waals surface area contributed by atoms with E-state index in [0.29, 0.717) is 13.0 Å². The van der Waals surface area contributed by atoms with Crippen molar-refractivity contribution in [3.63, 3.8) is 0 Å². The number of aliphatic hydroxyl groups is 1. The number of carbonyl (C=O) groups excluding carboxylic acids is 1. The van der Waals surface area contributed by atoms with Gasteiger partial charge >= 0.3 is 0 Å². The molecule has 0 aromatic rings. The van der Waals surface area contributed by atoms with Crippen LogP contribution in [0.25, 0.3) is 0 Å². The van der Waals surface area contributed by atoms with Gasteiger partial charge < -0.3 is 10.4 Å². The summed E-state index contributed by atoms with van der Waals surface area (Å²) in [4.78, 5) is 11.7. The summed E-state index contributed by atoms with van der Waals surface area (Å²) in [5, 5.41) is 14.3. The summed E-state index contributed by atoms with van der Waals surface area (Å²) < 4.78 is 0. The van der Waals surface area contributed by atoms with Gasteiger partial charge in [0.05, 0.1) is 12.1 Å². The molecule has 5 nitrogen and oxygen atoms in total. The highest BCUT2D eigenvalue weighted by molar-refractivity contribution is 5.81. The van der Waals surface area contributed by atoms with Gasteiger partial charge in [-0.2, -0.15) is 0 Å². The van der Waals surface area contributed by atoms with Crippen LogP contribution in [-0.4, -0.2) is 47.8 Å². The summed E-state index contributed by atoms with van der Waals surface area (Å²) in [6, 6.07) is -0.220. The topological polar surface area (TPSA) is 64.6 Å². The molecule has 0 spiro atoms. The Morgan fingerprint density at radius 1 is 1.33 bits per heavy atom. The van der Waals surface area contributed by atoms with Crippen molar-refractivity contribution >= 4 is 5.91 Å². The second-order valence-electron chi connectivity index (χ2n) is 4.37. The number of rotatable bonds is 2. The van der Waals surface area contributed by atoms with Gasteiger partial charge in [0.1, 0.15) is 0 Å². The van der Waals surface area contributed by atoms with Gasteiger partial charge in [-0.3, -0.25) is 10.2 Å². The zero-order chi connectivity index (χ0) is 10.7. The molecular weight excluding hydrogens is 194 g/mol. The second-order valence-corrected chi connectivity index (χ2v) is 4.37. The van der Waals surface area contributed by atoms with Crippen molar-refractivity contribution in [3.05, 3.63) is 0 Å². The van der Waals surface area contributed by atoms with Crippen LogP contribution in [0.4, 0.5) is 0 Å². The molecule has 5 heteroatoms. The number of hydrazine groups is 1. The monoisotopic (exact) mass is 213 g/mol. The third kappa shape index (κ3) is 2.90. The number of amides is 1. The lowest BCUT2D eigenvalue weighted by Gasteiger charge is -2.28. The molecule has 0 radical (unpaired) electrons. The van der Waals surface area contributed by atoms with E-state index >= 15 is 0 Å². The Kier molecular flexibility index (Phi) is 3.56. The summed E-state index contributed by atoms with van der Waals surface area (Å²) in [6.45, 7) is 2.42. The Balaban J connectivity index is 1.76. The highest BCUT2D eigenvalue weighted by Gasteiger charge is 2.29. The van der Waals surface area contributed by atoms with Crippen molar-refractivity contribution in [2.75, 3.05) is 19.6 Å². The predicted octanol–water partition coefficient (Wildman–Crippen LogP) is -0.774. The molecule has 0 bridgehead atoms. The number of aliphatic hydroxyl groups excluding tert-OH is 1. The SMILES string of the molecule is O=C(NN1CCCCC1)C1CC(O)CN1. The third-order valence-corrected chi connectivity index (χ3v) is 3.05. The van der Waals surface area contributed by atoms with Crippen LogP contribution in [0.15, 0.2) is 0 Å². The van der Waals surface area contributed by atoms with Crippen LogP contribution in [0.5, 0.6) is 0 Å². The number of nitrogens with one attached hydrogen (secondary N) is 2. The summed E-state index contributed by atoms with van der Waals surface area (Å²) in [5.74, 6) is -0.00606. The normalized spacial score (nSPS) is 32.9. The molecule has 2 aliphatic heterocycles. The molecule has 1 amide bonds. The standard InChI is InChI=1S/C10H19N3O2/c14-8-6-9(11-7-8)10(15)12-13-4-2-1-3-5-13/h8-9,11,14H,1-7H2,(H,12,15). The molecule has 2 aliphatic rings. The van der Waals surface area contributed by atoms with E-state index in [0.717, 1.165) is 25.9 Å². The molecule has 2 heterocycles. The van der Waals surface area contributed by atoms with E-state index < -0.39 is 0 Å². The van der Waals surface area contributed by atoms with E-state index in [9.17, 15) is 9.90 Å².